The summed E-state index contributed by atoms with van der Waals surface area (Å²) >= 11 is 0. The monoisotopic (exact) mass is 388 g/mol. The molecule has 0 spiro atoms. The number of benzene rings is 2. The number of likely N-dealkylation sites (tertiary alicyclic amines) is 1. The van der Waals surface area contributed by atoms with E-state index in [9.17, 15) is 4.79 Å². The third-order valence-electron chi connectivity index (χ3n) is 5.98. The van der Waals surface area contributed by atoms with Gasteiger partial charge in [-0.3, -0.25) is 4.79 Å². The Balaban J connectivity index is 1.51. The summed E-state index contributed by atoms with van der Waals surface area (Å²) in [5, 5.41) is 0. The number of aromatic nitrogens is 1. The van der Waals surface area contributed by atoms with Crippen LogP contribution in [0.3, 0.4) is 0 Å². The second kappa shape index (κ2) is 8.64. The van der Waals surface area contributed by atoms with Crippen molar-refractivity contribution in [2.75, 3.05) is 6.54 Å². The number of aryl methyl sites for hydroxylation is 1. The van der Waals surface area contributed by atoms with Gasteiger partial charge >= 0.3 is 0 Å². The zero-order valence-corrected chi connectivity index (χ0v) is 17.2. The molecule has 2 heterocycles. The molecule has 150 valence electrons. The molecular formula is C25H28N2O2. The number of rotatable bonds is 6. The normalized spacial score (nSPS) is 17.4. The van der Waals surface area contributed by atoms with Crippen molar-refractivity contribution in [3.63, 3.8) is 0 Å². The van der Waals surface area contributed by atoms with E-state index in [1.807, 2.05) is 43.3 Å². The maximum atomic E-state index is 13.2. The van der Waals surface area contributed by atoms with Crippen LogP contribution in [0.25, 0.3) is 11.5 Å². The summed E-state index contributed by atoms with van der Waals surface area (Å²) in [6, 6.07) is 20.7. The van der Waals surface area contributed by atoms with Gasteiger partial charge in [0.05, 0.1) is 12.1 Å². The van der Waals surface area contributed by atoms with Gasteiger partial charge in [-0.15, -0.1) is 0 Å². The lowest BCUT2D eigenvalue weighted by atomic mass is 9.87. The van der Waals surface area contributed by atoms with Crippen LogP contribution < -0.4 is 0 Å². The van der Waals surface area contributed by atoms with Crippen LogP contribution in [0, 0.1) is 6.92 Å². The molecule has 29 heavy (non-hydrogen) atoms. The fraction of sp³-hybridized carbons (Fsp3) is 0.360. The van der Waals surface area contributed by atoms with Crippen molar-refractivity contribution in [3.8, 4) is 11.5 Å². The first-order valence-corrected chi connectivity index (χ1v) is 10.5. The van der Waals surface area contributed by atoms with Gasteiger partial charge in [0.2, 0.25) is 11.8 Å². The first kappa shape index (κ1) is 19.4. The predicted molar refractivity (Wildman–Crippen MR) is 115 cm³/mol. The van der Waals surface area contributed by atoms with Gasteiger partial charge in [-0.1, -0.05) is 55.5 Å². The lowest BCUT2D eigenvalue weighted by Crippen LogP contribution is -2.40. The summed E-state index contributed by atoms with van der Waals surface area (Å²) < 4.78 is 5.85. The van der Waals surface area contributed by atoms with E-state index in [2.05, 4.69) is 41.1 Å². The molecule has 0 radical (unpaired) electrons. The second-order valence-electron chi connectivity index (χ2n) is 7.79. The zero-order valence-electron chi connectivity index (χ0n) is 17.2. The lowest BCUT2D eigenvalue weighted by Gasteiger charge is -2.31. The van der Waals surface area contributed by atoms with E-state index in [1.54, 1.807) is 0 Å². The fourth-order valence-electron chi connectivity index (χ4n) is 4.49. The maximum Gasteiger partial charge on any atom is 0.228 e. The highest BCUT2D eigenvalue weighted by atomic mass is 16.4. The molecule has 3 aromatic rings. The van der Waals surface area contributed by atoms with E-state index in [0.717, 1.165) is 42.8 Å². The van der Waals surface area contributed by atoms with Crippen molar-refractivity contribution < 1.29 is 9.21 Å². The lowest BCUT2D eigenvalue weighted by molar-refractivity contribution is -0.131. The summed E-state index contributed by atoms with van der Waals surface area (Å²) in [5.74, 6) is 1.83. The average molecular weight is 389 g/mol. The number of hydrogen-bond acceptors (Lipinski definition) is 3. The van der Waals surface area contributed by atoms with Gasteiger partial charge in [-0.05, 0) is 43.9 Å². The van der Waals surface area contributed by atoms with E-state index in [4.69, 9.17) is 4.42 Å². The van der Waals surface area contributed by atoms with Crippen molar-refractivity contribution in [3.05, 3.63) is 77.7 Å². The minimum atomic E-state index is 0.151. The van der Waals surface area contributed by atoms with Crippen molar-refractivity contribution in [1.82, 2.24) is 9.88 Å². The smallest absolute Gasteiger partial charge is 0.228 e. The molecule has 2 aromatic carbocycles. The number of carbonyl (C=O) groups is 1. The number of oxazole rings is 1. The highest BCUT2D eigenvalue weighted by molar-refractivity contribution is 5.79. The van der Waals surface area contributed by atoms with Crippen LogP contribution in [0.4, 0.5) is 0 Å². The minimum absolute atomic E-state index is 0.151. The van der Waals surface area contributed by atoms with Gasteiger partial charge in [-0.25, -0.2) is 4.98 Å². The van der Waals surface area contributed by atoms with Crippen molar-refractivity contribution >= 4 is 5.91 Å². The first-order chi connectivity index (χ1) is 14.2. The number of hydrogen-bond donors (Lipinski definition) is 0. The van der Waals surface area contributed by atoms with Crippen LogP contribution in [-0.2, 0) is 11.2 Å². The summed E-state index contributed by atoms with van der Waals surface area (Å²) in [5.41, 5.74) is 3.00. The standard InChI is InChI=1S/C25H28N2O2/c1-3-21(19-11-6-4-7-12-19)23-15-10-16-27(23)24(28)17-22-18(2)29-25(26-22)20-13-8-5-9-14-20/h4-9,11-14,21,23H,3,10,15-17H2,1-2H3. The molecule has 1 saturated heterocycles. The predicted octanol–water partition coefficient (Wildman–Crippen LogP) is 5.38. The maximum absolute atomic E-state index is 13.2. The van der Waals surface area contributed by atoms with Gasteiger partial charge in [0.25, 0.3) is 0 Å². The Hall–Kier alpha value is -2.88. The van der Waals surface area contributed by atoms with Gasteiger partial charge in [-0.2, -0.15) is 0 Å². The molecular weight excluding hydrogens is 360 g/mol. The molecule has 1 aromatic heterocycles. The molecule has 1 amide bonds. The Kier molecular flexibility index (Phi) is 5.79. The Bertz CT molecular complexity index is 949. The van der Waals surface area contributed by atoms with E-state index >= 15 is 0 Å². The van der Waals surface area contributed by atoms with Gasteiger partial charge in [0, 0.05) is 24.1 Å². The molecule has 4 rings (SSSR count). The second-order valence-corrected chi connectivity index (χ2v) is 7.79. The van der Waals surface area contributed by atoms with Gasteiger partial charge in [0.15, 0.2) is 0 Å². The van der Waals surface area contributed by atoms with Crippen LogP contribution in [-0.4, -0.2) is 28.4 Å². The summed E-state index contributed by atoms with van der Waals surface area (Å²) in [6.07, 6.45) is 3.45. The third-order valence-corrected chi connectivity index (χ3v) is 5.98. The van der Waals surface area contributed by atoms with E-state index in [0.29, 0.717) is 18.2 Å². The van der Waals surface area contributed by atoms with Crippen molar-refractivity contribution in [2.24, 2.45) is 0 Å². The summed E-state index contributed by atoms with van der Waals surface area (Å²) in [6.45, 7) is 4.93. The molecule has 0 N–H and O–H groups in total. The molecule has 2 atom stereocenters. The summed E-state index contributed by atoms with van der Waals surface area (Å²) in [4.78, 5) is 19.9. The van der Waals surface area contributed by atoms with E-state index in [-0.39, 0.29) is 11.9 Å². The largest absolute Gasteiger partial charge is 0.441 e. The fourth-order valence-corrected chi connectivity index (χ4v) is 4.49. The third kappa shape index (κ3) is 4.12. The average Bonchev–Trinajstić information content (AvgIpc) is 3.37. The van der Waals surface area contributed by atoms with Crippen LogP contribution in [0.5, 0.6) is 0 Å². The summed E-state index contributed by atoms with van der Waals surface area (Å²) in [7, 11) is 0. The highest BCUT2D eigenvalue weighted by Crippen LogP contribution is 2.34. The molecule has 4 nitrogen and oxygen atoms in total. The topological polar surface area (TPSA) is 46.3 Å². The van der Waals surface area contributed by atoms with Gasteiger partial charge in [0.1, 0.15) is 5.76 Å². The molecule has 4 heteroatoms. The SMILES string of the molecule is CCC(c1ccccc1)C1CCCN1C(=O)Cc1nc(-c2ccccc2)oc1C. The molecule has 1 aliphatic heterocycles. The number of carbonyl (C=O) groups excluding carboxylic acids is 1. The first-order valence-electron chi connectivity index (χ1n) is 10.5. The van der Waals surface area contributed by atoms with Crippen molar-refractivity contribution in [2.45, 2.75) is 51.5 Å². The Morgan fingerprint density at radius 2 is 1.83 bits per heavy atom. The van der Waals surface area contributed by atoms with Crippen LogP contribution in [0.2, 0.25) is 0 Å². The Morgan fingerprint density at radius 3 is 2.52 bits per heavy atom. The number of amides is 1. The quantitative estimate of drug-likeness (QED) is 0.570. The van der Waals surface area contributed by atoms with Crippen LogP contribution in [0.1, 0.15) is 49.1 Å². The molecule has 1 aliphatic rings. The Morgan fingerprint density at radius 1 is 1.14 bits per heavy atom. The minimum Gasteiger partial charge on any atom is -0.441 e. The van der Waals surface area contributed by atoms with E-state index in [1.165, 1.54) is 5.56 Å². The molecule has 0 bridgehead atoms. The molecule has 0 saturated carbocycles. The number of nitrogens with zero attached hydrogens (tertiary/aromatic N) is 2. The van der Waals surface area contributed by atoms with Crippen molar-refractivity contribution in [1.29, 1.82) is 0 Å². The van der Waals surface area contributed by atoms with E-state index < -0.39 is 0 Å². The Labute approximate surface area is 172 Å². The zero-order chi connectivity index (χ0) is 20.2. The van der Waals surface area contributed by atoms with Gasteiger partial charge < -0.3 is 9.32 Å². The molecule has 2 unspecified atom stereocenters. The molecule has 0 aliphatic carbocycles. The molecule has 1 fully saturated rings. The van der Waals surface area contributed by atoms with Crippen LogP contribution >= 0.6 is 0 Å². The highest BCUT2D eigenvalue weighted by Gasteiger charge is 2.35. The van der Waals surface area contributed by atoms with Crippen LogP contribution in [0.15, 0.2) is 65.1 Å².